The highest BCUT2D eigenvalue weighted by molar-refractivity contribution is 5.83. The molecule has 0 spiro atoms. The van der Waals surface area contributed by atoms with E-state index in [1.165, 1.54) is 24.3 Å². The Bertz CT molecular complexity index is 1230. The Labute approximate surface area is 161 Å². The Hall–Kier alpha value is -3.69. The molecule has 29 heavy (non-hydrogen) atoms. The molecule has 0 unspecified atom stereocenters. The molecule has 0 fully saturated rings. The molecule has 0 bridgehead atoms. The van der Waals surface area contributed by atoms with Gasteiger partial charge in [-0.15, -0.1) is 0 Å². The quantitative estimate of drug-likeness (QED) is 0.355. The standard InChI is InChI=1S/C19H13F3N4O3/c1-11-7-13-9-15(26(27)28)5-6-16(13)25(11)10-17-23-18(29-24-17)12-3-2-4-14(8-12)19(20,21)22/h2-9H,10H2,1H3. The lowest BCUT2D eigenvalue weighted by Gasteiger charge is -2.06. The number of nitrogens with zero attached hydrogens (tertiary/aromatic N) is 4. The molecule has 0 saturated carbocycles. The number of benzene rings is 2. The molecule has 2 heterocycles. The normalized spacial score (nSPS) is 11.9. The largest absolute Gasteiger partial charge is 0.416 e. The van der Waals surface area contributed by atoms with Crippen LogP contribution in [-0.2, 0) is 12.7 Å². The Morgan fingerprint density at radius 1 is 1.17 bits per heavy atom. The Balaban J connectivity index is 1.65. The van der Waals surface area contributed by atoms with Crippen LogP contribution in [0.15, 0.2) is 53.1 Å². The molecule has 0 radical (unpaired) electrons. The fraction of sp³-hybridized carbons (Fsp3) is 0.158. The van der Waals surface area contributed by atoms with E-state index in [0.29, 0.717) is 5.39 Å². The van der Waals surface area contributed by atoms with Crippen LogP contribution in [0.2, 0.25) is 0 Å². The molecule has 0 aliphatic heterocycles. The third kappa shape index (κ3) is 3.56. The van der Waals surface area contributed by atoms with Crippen molar-refractivity contribution in [1.82, 2.24) is 14.7 Å². The summed E-state index contributed by atoms with van der Waals surface area (Å²) in [6.07, 6.45) is -4.47. The van der Waals surface area contributed by atoms with Crippen molar-refractivity contribution in [2.45, 2.75) is 19.6 Å². The van der Waals surface area contributed by atoms with Crippen LogP contribution in [0.5, 0.6) is 0 Å². The van der Waals surface area contributed by atoms with Crippen molar-refractivity contribution in [2.75, 3.05) is 0 Å². The molecular weight excluding hydrogens is 389 g/mol. The first-order chi connectivity index (χ1) is 13.7. The van der Waals surface area contributed by atoms with Crippen molar-refractivity contribution in [3.63, 3.8) is 0 Å². The molecule has 0 N–H and O–H groups in total. The summed E-state index contributed by atoms with van der Waals surface area (Å²) in [5, 5.41) is 15.5. The monoisotopic (exact) mass is 402 g/mol. The zero-order chi connectivity index (χ0) is 20.8. The van der Waals surface area contributed by atoms with Gasteiger partial charge in [-0.2, -0.15) is 18.2 Å². The number of nitro groups is 1. The molecule has 148 valence electrons. The van der Waals surface area contributed by atoms with Gasteiger partial charge in [-0.1, -0.05) is 11.2 Å². The molecule has 10 heteroatoms. The highest BCUT2D eigenvalue weighted by Crippen LogP contribution is 2.32. The van der Waals surface area contributed by atoms with Gasteiger partial charge in [0.1, 0.15) is 0 Å². The number of rotatable bonds is 4. The number of aromatic nitrogens is 3. The summed E-state index contributed by atoms with van der Waals surface area (Å²) in [6.45, 7) is 2.04. The van der Waals surface area contributed by atoms with E-state index in [1.54, 1.807) is 12.1 Å². The van der Waals surface area contributed by atoms with Crippen molar-refractivity contribution in [3.8, 4) is 11.5 Å². The number of nitro benzene ring substituents is 1. The molecule has 0 aliphatic carbocycles. The van der Waals surface area contributed by atoms with Crippen LogP contribution in [0.4, 0.5) is 18.9 Å². The van der Waals surface area contributed by atoms with Gasteiger partial charge in [-0.3, -0.25) is 10.1 Å². The van der Waals surface area contributed by atoms with Gasteiger partial charge in [0.2, 0.25) is 0 Å². The van der Waals surface area contributed by atoms with Gasteiger partial charge >= 0.3 is 6.18 Å². The number of aryl methyl sites for hydroxylation is 1. The van der Waals surface area contributed by atoms with Crippen LogP contribution < -0.4 is 0 Å². The van der Waals surface area contributed by atoms with Crippen molar-refractivity contribution >= 4 is 16.6 Å². The average molecular weight is 402 g/mol. The zero-order valence-electron chi connectivity index (χ0n) is 15.0. The van der Waals surface area contributed by atoms with Gasteiger partial charge in [-0.25, -0.2) is 0 Å². The molecular formula is C19H13F3N4O3. The summed E-state index contributed by atoms with van der Waals surface area (Å²) in [5.74, 6) is 0.257. The van der Waals surface area contributed by atoms with Crippen LogP contribution in [0.3, 0.4) is 0 Å². The van der Waals surface area contributed by atoms with Gasteiger partial charge in [-0.05, 0) is 37.3 Å². The summed E-state index contributed by atoms with van der Waals surface area (Å²) >= 11 is 0. The predicted octanol–water partition coefficient (Wildman–Crippen LogP) is 4.98. The molecule has 7 nitrogen and oxygen atoms in total. The first-order valence-electron chi connectivity index (χ1n) is 8.47. The Morgan fingerprint density at radius 3 is 2.69 bits per heavy atom. The maximum absolute atomic E-state index is 12.9. The minimum Gasteiger partial charge on any atom is -0.337 e. The van der Waals surface area contributed by atoms with Gasteiger partial charge < -0.3 is 9.09 Å². The average Bonchev–Trinajstić information content (AvgIpc) is 3.26. The molecule has 0 amide bonds. The van der Waals surface area contributed by atoms with E-state index in [9.17, 15) is 23.3 Å². The second-order valence-corrected chi connectivity index (χ2v) is 6.47. The van der Waals surface area contributed by atoms with E-state index in [2.05, 4.69) is 10.1 Å². The van der Waals surface area contributed by atoms with E-state index in [-0.39, 0.29) is 29.5 Å². The first kappa shape index (κ1) is 18.7. The van der Waals surface area contributed by atoms with Crippen LogP contribution in [0.1, 0.15) is 17.1 Å². The first-order valence-corrected chi connectivity index (χ1v) is 8.47. The lowest BCUT2D eigenvalue weighted by atomic mass is 10.1. The lowest BCUT2D eigenvalue weighted by Crippen LogP contribution is -2.04. The van der Waals surface area contributed by atoms with Crippen LogP contribution in [0.25, 0.3) is 22.4 Å². The zero-order valence-corrected chi connectivity index (χ0v) is 15.0. The third-order valence-electron chi connectivity index (χ3n) is 4.51. The molecule has 4 rings (SSSR count). The number of hydrogen-bond donors (Lipinski definition) is 0. The number of fused-ring (bicyclic) bond motifs is 1. The highest BCUT2D eigenvalue weighted by atomic mass is 19.4. The number of alkyl halides is 3. The molecule has 0 atom stereocenters. The predicted molar refractivity (Wildman–Crippen MR) is 97.2 cm³/mol. The second kappa shape index (κ2) is 6.73. The van der Waals surface area contributed by atoms with Gasteiger partial charge in [0.25, 0.3) is 11.6 Å². The minimum absolute atomic E-state index is 0.0129. The fourth-order valence-corrected chi connectivity index (χ4v) is 3.13. The van der Waals surface area contributed by atoms with Crippen molar-refractivity contribution < 1.29 is 22.6 Å². The topological polar surface area (TPSA) is 87.0 Å². The van der Waals surface area contributed by atoms with E-state index >= 15 is 0 Å². The molecule has 2 aromatic carbocycles. The molecule has 2 aromatic heterocycles. The van der Waals surface area contributed by atoms with E-state index < -0.39 is 16.7 Å². The second-order valence-electron chi connectivity index (χ2n) is 6.47. The molecule has 4 aromatic rings. The van der Waals surface area contributed by atoms with E-state index in [4.69, 9.17) is 4.52 Å². The Kier molecular flexibility index (Phi) is 4.33. The van der Waals surface area contributed by atoms with Crippen molar-refractivity contribution in [3.05, 3.63) is 75.7 Å². The van der Waals surface area contributed by atoms with Crippen molar-refractivity contribution in [1.29, 1.82) is 0 Å². The lowest BCUT2D eigenvalue weighted by molar-refractivity contribution is -0.384. The Morgan fingerprint density at radius 2 is 1.97 bits per heavy atom. The molecule has 0 saturated heterocycles. The SMILES string of the molecule is Cc1cc2cc([N+](=O)[O-])ccc2n1Cc1noc(-c2cccc(C(F)(F)F)c2)n1. The summed E-state index contributed by atoms with van der Waals surface area (Å²) in [6, 6.07) is 11.0. The van der Waals surface area contributed by atoms with E-state index in [1.807, 2.05) is 11.5 Å². The van der Waals surface area contributed by atoms with Crippen molar-refractivity contribution in [2.24, 2.45) is 0 Å². The fourth-order valence-electron chi connectivity index (χ4n) is 3.13. The van der Waals surface area contributed by atoms with Crippen LogP contribution >= 0.6 is 0 Å². The maximum atomic E-state index is 12.9. The highest BCUT2D eigenvalue weighted by Gasteiger charge is 2.31. The summed E-state index contributed by atoms with van der Waals surface area (Å²) in [5.41, 5.74) is 0.928. The summed E-state index contributed by atoms with van der Waals surface area (Å²) in [7, 11) is 0. The number of halogens is 3. The van der Waals surface area contributed by atoms with E-state index in [0.717, 1.165) is 23.3 Å². The number of non-ortho nitro benzene ring substituents is 1. The number of hydrogen-bond acceptors (Lipinski definition) is 5. The maximum Gasteiger partial charge on any atom is 0.416 e. The van der Waals surface area contributed by atoms with Gasteiger partial charge in [0, 0.05) is 34.3 Å². The minimum atomic E-state index is -4.47. The summed E-state index contributed by atoms with van der Waals surface area (Å²) in [4.78, 5) is 14.7. The third-order valence-corrected chi connectivity index (χ3v) is 4.51. The summed E-state index contributed by atoms with van der Waals surface area (Å²) < 4.78 is 45.7. The van der Waals surface area contributed by atoms with Gasteiger partial charge in [0.15, 0.2) is 5.82 Å². The van der Waals surface area contributed by atoms with Crippen LogP contribution in [-0.4, -0.2) is 19.6 Å². The molecule has 0 aliphatic rings. The van der Waals surface area contributed by atoms with Gasteiger partial charge in [0.05, 0.1) is 17.0 Å². The smallest absolute Gasteiger partial charge is 0.337 e. The van der Waals surface area contributed by atoms with Crippen LogP contribution in [0, 0.1) is 17.0 Å².